The van der Waals surface area contributed by atoms with Crippen molar-refractivity contribution < 1.29 is 9.59 Å². The Hall–Kier alpha value is -0.660. The van der Waals surface area contributed by atoms with Gasteiger partial charge in [0.15, 0.2) is 0 Å². The van der Waals surface area contributed by atoms with Crippen LogP contribution in [0.2, 0.25) is 0 Å². The lowest BCUT2D eigenvalue weighted by molar-refractivity contribution is -0.133. The van der Waals surface area contributed by atoms with E-state index in [1.807, 2.05) is 20.8 Å². The molecular formula is C10H14O2. The fraction of sp³-hybridized carbons (Fsp3) is 0.800. The predicted octanol–water partition coefficient (Wildman–Crippen LogP) is 1.58. The molecule has 0 N–H and O–H groups in total. The fourth-order valence-electron chi connectivity index (χ4n) is 2.72. The molecule has 2 rings (SSSR count). The first-order valence-electron chi connectivity index (χ1n) is 4.45. The van der Waals surface area contributed by atoms with Gasteiger partial charge in [-0.05, 0) is 5.41 Å². The molecule has 2 atom stereocenters. The smallest absolute Gasteiger partial charge is 0.140 e. The minimum Gasteiger partial charge on any atom is -0.299 e. The molecule has 0 aromatic heterocycles. The number of ketones is 2. The van der Waals surface area contributed by atoms with E-state index in [9.17, 15) is 9.59 Å². The lowest BCUT2D eigenvalue weighted by Gasteiger charge is -2.31. The van der Waals surface area contributed by atoms with E-state index in [0.717, 1.165) is 0 Å². The van der Waals surface area contributed by atoms with Crippen LogP contribution in [0.1, 0.15) is 33.6 Å². The van der Waals surface area contributed by atoms with Gasteiger partial charge in [0.1, 0.15) is 11.6 Å². The normalized spacial score (nSPS) is 44.1. The SMILES string of the molecule is CC1(C)[C@@H]2CC(=O)[C@@]1(C)CC2=O. The molecule has 2 bridgehead atoms. The lowest BCUT2D eigenvalue weighted by atomic mass is 9.70. The van der Waals surface area contributed by atoms with Crippen LogP contribution in [0, 0.1) is 16.7 Å². The van der Waals surface area contributed by atoms with Crippen molar-refractivity contribution in [2.45, 2.75) is 33.6 Å². The van der Waals surface area contributed by atoms with Crippen molar-refractivity contribution in [1.29, 1.82) is 0 Å². The summed E-state index contributed by atoms with van der Waals surface area (Å²) in [4.78, 5) is 23.0. The maximum Gasteiger partial charge on any atom is 0.140 e. The van der Waals surface area contributed by atoms with Crippen LogP contribution >= 0.6 is 0 Å². The largest absolute Gasteiger partial charge is 0.299 e. The van der Waals surface area contributed by atoms with Gasteiger partial charge in [-0.2, -0.15) is 0 Å². The van der Waals surface area contributed by atoms with Crippen LogP contribution in [0.3, 0.4) is 0 Å². The molecule has 0 radical (unpaired) electrons. The fourth-order valence-corrected chi connectivity index (χ4v) is 2.72. The molecule has 12 heavy (non-hydrogen) atoms. The van der Waals surface area contributed by atoms with Gasteiger partial charge >= 0.3 is 0 Å². The molecule has 0 spiro atoms. The van der Waals surface area contributed by atoms with Crippen molar-refractivity contribution in [3.05, 3.63) is 0 Å². The number of Topliss-reactive ketones (excluding diaryl/α,β-unsaturated/α-hetero) is 2. The highest BCUT2D eigenvalue weighted by Crippen LogP contribution is 2.61. The highest BCUT2D eigenvalue weighted by atomic mass is 16.1. The monoisotopic (exact) mass is 166 g/mol. The number of carbonyl (C=O) groups is 2. The van der Waals surface area contributed by atoms with Crippen LogP contribution in [0.25, 0.3) is 0 Å². The quantitative estimate of drug-likeness (QED) is 0.547. The molecule has 0 aliphatic heterocycles. The topological polar surface area (TPSA) is 34.1 Å². The first-order valence-corrected chi connectivity index (χ1v) is 4.45. The van der Waals surface area contributed by atoms with Gasteiger partial charge < -0.3 is 0 Å². The van der Waals surface area contributed by atoms with Crippen LogP contribution in [-0.2, 0) is 9.59 Å². The maximum absolute atomic E-state index is 11.6. The lowest BCUT2D eigenvalue weighted by Crippen LogP contribution is -2.32. The molecule has 0 amide bonds. The number of hydrogen-bond donors (Lipinski definition) is 0. The third kappa shape index (κ3) is 0.584. The first kappa shape index (κ1) is 7.96. The van der Waals surface area contributed by atoms with Crippen molar-refractivity contribution in [2.75, 3.05) is 0 Å². The summed E-state index contributed by atoms with van der Waals surface area (Å²) >= 11 is 0. The number of fused-ring (bicyclic) bond motifs is 2. The summed E-state index contributed by atoms with van der Waals surface area (Å²) in [6.07, 6.45) is 0.964. The predicted molar refractivity (Wildman–Crippen MR) is 44.6 cm³/mol. The second-order valence-corrected chi connectivity index (χ2v) is 4.88. The van der Waals surface area contributed by atoms with Crippen LogP contribution in [0.5, 0.6) is 0 Å². The van der Waals surface area contributed by atoms with E-state index in [0.29, 0.717) is 18.6 Å². The Kier molecular flexibility index (Phi) is 1.20. The molecule has 0 saturated heterocycles. The number of rotatable bonds is 0. The molecule has 2 fully saturated rings. The maximum atomic E-state index is 11.6. The molecule has 0 aromatic rings. The molecule has 66 valence electrons. The molecule has 2 aliphatic rings. The summed E-state index contributed by atoms with van der Waals surface area (Å²) < 4.78 is 0. The number of hydrogen-bond acceptors (Lipinski definition) is 2. The third-order valence-electron chi connectivity index (χ3n) is 4.21. The summed E-state index contributed by atoms with van der Waals surface area (Å²) in [5.74, 6) is 0.592. The zero-order valence-corrected chi connectivity index (χ0v) is 7.81. The first-order chi connectivity index (χ1) is 5.39. The molecule has 0 aromatic carbocycles. The van der Waals surface area contributed by atoms with E-state index in [2.05, 4.69) is 0 Å². The third-order valence-corrected chi connectivity index (χ3v) is 4.21. The average Bonchev–Trinajstić information content (AvgIpc) is 2.18. The number of carbonyl (C=O) groups excluding carboxylic acids is 2. The second kappa shape index (κ2) is 1.81. The van der Waals surface area contributed by atoms with Gasteiger partial charge in [0.05, 0.1) is 0 Å². The van der Waals surface area contributed by atoms with Crippen molar-refractivity contribution in [1.82, 2.24) is 0 Å². The van der Waals surface area contributed by atoms with E-state index >= 15 is 0 Å². The molecule has 2 nitrogen and oxygen atoms in total. The minimum absolute atomic E-state index is 0.00926. The standard InChI is InChI=1S/C10H14O2/c1-9(2)6-4-8(12)10(9,3)5-7(6)11/h6H,4-5H2,1-3H3/t6-,10-/m1/s1. The Morgan fingerprint density at radius 1 is 1.25 bits per heavy atom. The highest BCUT2D eigenvalue weighted by molar-refractivity contribution is 6.04. The van der Waals surface area contributed by atoms with E-state index in [1.54, 1.807) is 0 Å². The Balaban J connectivity index is 2.54. The van der Waals surface area contributed by atoms with Crippen molar-refractivity contribution in [3.8, 4) is 0 Å². The van der Waals surface area contributed by atoms with Crippen LogP contribution in [0.15, 0.2) is 0 Å². The Morgan fingerprint density at radius 3 is 2.08 bits per heavy atom. The van der Waals surface area contributed by atoms with E-state index in [4.69, 9.17) is 0 Å². The van der Waals surface area contributed by atoms with Gasteiger partial charge in [-0.3, -0.25) is 9.59 Å². The van der Waals surface area contributed by atoms with Gasteiger partial charge in [0.2, 0.25) is 0 Å². The highest BCUT2D eigenvalue weighted by Gasteiger charge is 2.65. The Labute approximate surface area is 72.3 Å². The van der Waals surface area contributed by atoms with E-state index in [-0.39, 0.29) is 22.5 Å². The summed E-state index contributed by atoms with van der Waals surface area (Å²) in [6, 6.07) is 0. The zero-order valence-electron chi connectivity index (χ0n) is 7.81. The van der Waals surface area contributed by atoms with E-state index < -0.39 is 0 Å². The summed E-state index contributed by atoms with van der Waals surface area (Å²) in [7, 11) is 0. The minimum atomic E-state index is -0.352. The molecule has 2 heteroatoms. The van der Waals surface area contributed by atoms with Crippen molar-refractivity contribution in [3.63, 3.8) is 0 Å². The Bertz CT molecular complexity index is 278. The molecular weight excluding hydrogens is 152 g/mol. The summed E-state index contributed by atoms with van der Waals surface area (Å²) in [5.41, 5.74) is -0.448. The van der Waals surface area contributed by atoms with Gasteiger partial charge in [-0.25, -0.2) is 0 Å². The van der Waals surface area contributed by atoms with Crippen molar-refractivity contribution in [2.24, 2.45) is 16.7 Å². The van der Waals surface area contributed by atoms with Crippen LogP contribution < -0.4 is 0 Å². The average molecular weight is 166 g/mol. The second-order valence-electron chi connectivity index (χ2n) is 4.88. The van der Waals surface area contributed by atoms with Gasteiger partial charge in [0.25, 0.3) is 0 Å². The van der Waals surface area contributed by atoms with Gasteiger partial charge in [0, 0.05) is 24.2 Å². The molecule has 0 heterocycles. The van der Waals surface area contributed by atoms with Crippen LogP contribution in [0.4, 0.5) is 0 Å². The summed E-state index contributed by atoms with van der Waals surface area (Å²) in [5, 5.41) is 0. The van der Waals surface area contributed by atoms with Crippen LogP contribution in [-0.4, -0.2) is 11.6 Å². The van der Waals surface area contributed by atoms with Gasteiger partial charge in [-0.15, -0.1) is 0 Å². The van der Waals surface area contributed by atoms with Gasteiger partial charge in [-0.1, -0.05) is 20.8 Å². The molecule has 2 saturated carbocycles. The zero-order chi connectivity index (χ0) is 9.15. The van der Waals surface area contributed by atoms with Crippen molar-refractivity contribution >= 4 is 11.6 Å². The molecule has 0 unspecified atom stereocenters. The Morgan fingerprint density at radius 2 is 1.83 bits per heavy atom. The van der Waals surface area contributed by atoms with E-state index in [1.165, 1.54) is 0 Å². The summed E-state index contributed by atoms with van der Waals surface area (Å²) in [6.45, 7) is 6.04. The molecule has 2 aliphatic carbocycles.